The van der Waals surface area contributed by atoms with E-state index in [0.717, 1.165) is 5.56 Å². The molecular weight excluding hydrogens is 259 g/mol. The molecule has 4 nitrogen and oxygen atoms in total. The Labute approximate surface area is 117 Å². The first-order valence-electron chi connectivity index (χ1n) is 6.39. The predicted molar refractivity (Wildman–Crippen MR) is 72.6 cm³/mol. The van der Waals surface area contributed by atoms with Gasteiger partial charge in [-0.2, -0.15) is 4.98 Å². The van der Waals surface area contributed by atoms with Crippen LogP contribution in [0.4, 0.5) is 4.39 Å². The van der Waals surface area contributed by atoms with Crippen LogP contribution in [0.3, 0.4) is 0 Å². The van der Waals surface area contributed by atoms with Gasteiger partial charge in [0.15, 0.2) is 0 Å². The molecule has 0 unspecified atom stereocenters. The van der Waals surface area contributed by atoms with Gasteiger partial charge < -0.3 is 4.52 Å². The molecule has 0 aliphatic heterocycles. The molecule has 0 N–H and O–H groups in total. The summed E-state index contributed by atoms with van der Waals surface area (Å²) in [7, 11) is 0. The minimum atomic E-state index is -0.454. The number of hydrogen-bond donors (Lipinski definition) is 0. The highest BCUT2D eigenvalue weighted by Gasteiger charge is 2.24. The van der Waals surface area contributed by atoms with Gasteiger partial charge in [-0.1, -0.05) is 25.9 Å². The van der Waals surface area contributed by atoms with E-state index in [0.29, 0.717) is 11.4 Å². The quantitative estimate of drug-likeness (QED) is 0.862. The first kappa shape index (κ1) is 14.4. The van der Waals surface area contributed by atoms with Crippen molar-refractivity contribution in [3.05, 3.63) is 35.5 Å². The normalized spacial score (nSPS) is 11.7. The fourth-order valence-corrected chi connectivity index (χ4v) is 1.71. The second-order valence-electron chi connectivity index (χ2n) is 5.88. The van der Waals surface area contributed by atoms with Crippen LogP contribution in [0.2, 0.25) is 0 Å². The monoisotopic (exact) mass is 276 g/mol. The molecule has 20 heavy (non-hydrogen) atoms. The van der Waals surface area contributed by atoms with Crippen LogP contribution in [0.5, 0.6) is 0 Å². The molecule has 106 valence electrons. The van der Waals surface area contributed by atoms with E-state index in [2.05, 4.69) is 10.1 Å². The first-order chi connectivity index (χ1) is 9.25. The van der Waals surface area contributed by atoms with Crippen molar-refractivity contribution in [3.8, 4) is 11.4 Å². The van der Waals surface area contributed by atoms with E-state index in [1.54, 1.807) is 13.0 Å². The zero-order valence-electron chi connectivity index (χ0n) is 12.0. The van der Waals surface area contributed by atoms with Crippen LogP contribution in [0.25, 0.3) is 11.4 Å². The number of halogens is 1. The highest BCUT2D eigenvalue weighted by Crippen LogP contribution is 2.21. The minimum Gasteiger partial charge on any atom is -0.339 e. The van der Waals surface area contributed by atoms with Gasteiger partial charge in [-0.25, -0.2) is 4.39 Å². The number of aromatic nitrogens is 2. The second kappa shape index (κ2) is 5.15. The average Bonchev–Trinajstić information content (AvgIpc) is 2.75. The van der Waals surface area contributed by atoms with Crippen molar-refractivity contribution < 1.29 is 13.7 Å². The Kier molecular flexibility index (Phi) is 3.70. The molecule has 1 aromatic carbocycles. The highest BCUT2D eigenvalue weighted by molar-refractivity contribution is 5.85. The summed E-state index contributed by atoms with van der Waals surface area (Å²) < 4.78 is 18.4. The molecule has 0 bridgehead atoms. The molecule has 0 saturated carbocycles. The summed E-state index contributed by atoms with van der Waals surface area (Å²) in [6, 6.07) is 4.53. The van der Waals surface area contributed by atoms with Gasteiger partial charge in [0.1, 0.15) is 11.6 Å². The molecule has 0 atom stereocenters. The van der Waals surface area contributed by atoms with Crippen LogP contribution in [0, 0.1) is 18.2 Å². The minimum absolute atomic E-state index is 0.0168. The maximum atomic E-state index is 13.3. The van der Waals surface area contributed by atoms with Gasteiger partial charge >= 0.3 is 0 Å². The summed E-state index contributed by atoms with van der Waals surface area (Å²) in [6.45, 7) is 7.30. The van der Waals surface area contributed by atoms with Crippen molar-refractivity contribution in [2.24, 2.45) is 5.41 Å². The number of carbonyl (C=O) groups is 1. The molecule has 1 heterocycles. The number of aryl methyl sites for hydroxylation is 1. The van der Waals surface area contributed by atoms with E-state index < -0.39 is 5.41 Å². The van der Waals surface area contributed by atoms with Gasteiger partial charge in [0.25, 0.3) is 0 Å². The van der Waals surface area contributed by atoms with Gasteiger partial charge in [-0.05, 0) is 30.7 Å². The molecule has 2 rings (SSSR count). The van der Waals surface area contributed by atoms with Gasteiger partial charge in [0.05, 0.1) is 6.42 Å². The Morgan fingerprint density at radius 1 is 1.30 bits per heavy atom. The van der Waals surface area contributed by atoms with Crippen molar-refractivity contribution in [1.82, 2.24) is 10.1 Å². The lowest BCUT2D eigenvalue weighted by atomic mass is 9.89. The number of Topliss-reactive ketones (excluding diaryl/α,β-unsaturated/α-hetero) is 1. The average molecular weight is 276 g/mol. The van der Waals surface area contributed by atoms with E-state index in [1.165, 1.54) is 12.1 Å². The van der Waals surface area contributed by atoms with Crippen molar-refractivity contribution in [2.45, 2.75) is 34.1 Å². The smallest absolute Gasteiger partial charge is 0.234 e. The fourth-order valence-electron chi connectivity index (χ4n) is 1.71. The summed E-state index contributed by atoms with van der Waals surface area (Å²) in [5.41, 5.74) is 0.863. The summed E-state index contributed by atoms with van der Waals surface area (Å²) >= 11 is 0. The standard InChI is InChI=1S/C15H17FN2O2/c1-9-5-10(7-11(16)6-9)14-17-13(20-18-14)8-12(19)15(2,3)4/h5-7H,8H2,1-4H3. The third kappa shape index (κ3) is 3.29. The molecule has 0 spiro atoms. The Hall–Kier alpha value is -2.04. The van der Waals surface area contributed by atoms with Crippen LogP contribution >= 0.6 is 0 Å². The van der Waals surface area contributed by atoms with Gasteiger partial charge in [-0.15, -0.1) is 0 Å². The van der Waals surface area contributed by atoms with Crippen LogP contribution in [0.15, 0.2) is 22.7 Å². The number of benzene rings is 1. The number of ketones is 1. The molecule has 0 aliphatic carbocycles. The Morgan fingerprint density at radius 2 is 2.00 bits per heavy atom. The molecule has 5 heteroatoms. The van der Waals surface area contributed by atoms with E-state index >= 15 is 0 Å². The van der Waals surface area contributed by atoms with E-state index in [9.17, 15) is 9.18 Å². The summed E-state index contributed by atoms with van der Waals surface area (Å²) in [6.07, 6.45) is 0.0881. The van der Waals surface area contributed by atoms with E-state index in [1.807, 2.05) is 20.8 Å². The third-order valence-electron chi connectivity index (χ3n) is 2.92. The van der Waals surface area contributed by atoms with E-state index in [-0.39, 0.29) is 23.9 Å². The predicted octanol–water partition coefficient (Wildman–Crippen LogP) is 3.34. The van der Waals surface area contributed by atoms with Gasteiger partial charge in [0, 0.05) is 11.0 Å². The number of carbonyl (C=O) groups excluding carboxylic acids is 1. The highest BCUT2D eigenvalue weighted by atomic mass is 19.1. The summed E-state index contributed by atoms with van der Waals surface area (Å²) in [5.74, 6) is 0.214. The molecule has 0 radical (unpaired) electrons. The topological polar surface area (TPSA) is 56.0 Å². The molecule has 1 aromatic heterocycles. The summed E-state index contributed by atoms with van der Waals surface area (Å²) in [5, 5.41) is 3.80. The van der Waals surface area contributed by atoms with Crippen molar-refractivity contribution in [3.63, 3.8) is 0 Å². The maximum absolute atomic E-state index is 13.3. The molecule has 0 amide bonds. The Bertz CT molecular complexity index is 621. The second-order valence-corrected chi connectivity index (χ2v) is 5.88. The van der Waals surface area contributed by atoms with Crippen LogP contribution in [-0.2, 0) is 11.2 Å². The maximum Gasteiger partial charge on any atom is 0.234 e. The molecular formula is C15H17FN2O2. The van der Waals surface area contributed by atoms with Crippen molar-refractivity contribution >= 4 is 5.78 Å². The lowest BCUT2D eigenvalue weighted by molar-refractivity contribution is -0.125. The van der Waals surface area contributed by atoms with Crippen LogP contribution in [0.1, 0.15) is 32.2 Å². The van der Waals surface area contributed by atoms with Crippen LogP contribution < -0.4 is 0 Å². The Balaban J connectivity index is 2.23. The molecule has 2 aromatic rings. The molecule has 0 fully saturated rings. The van der Waals surface area contributed by atoms with Crippen LogP contribution in [-0.4, -0.2) is 15.9 Å². The third-order valence-corrected chi connectivity index (χ3v) is 2.92. The first-order valence-corrected chi connectivity index (χ1v) is 6.39. The lowest BCUT2D eigenvalue weighted by Crippen LogP contribution is -2.22. The van der Waals surface area contributed by atoms with Gasteiger partial charge in [-0.3, -0.25) is 4.79 Å². The zero-order valence-corrected chi connectivity index (χ0v) is 12.0. The SMILES string of the molecule is Cc1cc(F)cc(-c2noc(CC(=O)C(C)(C)C)n2)c1. The largest absolute Gasteiger partial charge is 0.339 e. The Morgan fingerprint density at radius 3 is 2.60 bits per heavy atom. The number of nitrogens with zero attached hydrogens (tertiary/aromatic N) is 2. The van der Waals surface area contributed by atoms with Crippen molar-refractivity contribution in [2.75, 3.05) is 0 Å². The molecule has 0 saturated heterocycles. The summed E-state index contributed by atoms with van der Waals surface area (Å²) in [4.78, 5) is 16.1. The van der Waals surface area contributed by atoms with Crippen molar-refractivity contribution in [1.29, 1.82) is 0 Å². The molecule has 0 aliphatic rings. The van der Waals surface area contributed by atoms with Gasteiger partial charge in [0.2, 0.25) is 11.7 Å². The zero-order chi connectivity index (χ0) is 14.9. The number of hydrogen-bond acceptors (Lipinski definition) is 4. The lowest BCUT2D eigenvalue weighted by Gasteiger charge is -2.14. The number of rotatable bonds is 3. The fraction of sp³-hybridized carbons (Fsp3) is 0.400. The van der Waals surface area contributed by atoms with E-state index in [4.69, 9.17) is 4.52 Å².